The summed E-state index contributed by atoms with van der Waals surface area (Å²) < 4.78 is 10.1. The maximum atomic E-state index is 11.4. The van der Waals surface area contributed by atoms with Crippen LogP contribution in [-0.4, -0.2) is 30.3 Å². The zero-order valence-electron chi connectivity index (χ0n) is 12.9. The van der Waals surface area contributed by atoms with Gasteiger partial charge in [0.2, 0.25) is 0 Å². The van der Waals surface area contributed by atoms with Crippen LogP contribution in [0.1, 0.15) is 26.3 Å². The Morgan fingerprint density at radius 1 is 1.41 bits per heavy atom. The van der Waals surface area contributed by atoms with Crippen LogP contribution in [0.4, 0.5) is 10.5 Å². The smallest absolute Gasteiger partial charge is 0.408 e. The third kappa shape index (κ3) is 5.32. The molecule has 0 spiro atoms. The molecule has 0 radical (unpaired) electrons. The Hall–Kier alpha value is -2.75. The highest BCUT2D eigenvalue weighted by Gasteiger charge is 2.17. The minimum atomic E-state index is -0.601. The van der Waals surface area contributed by atoms with Crippen molar-refractivity contribution >= 4 is 11.8 Å². The van der Waals surface area contributed by atoms with Crippen LogP contribution in [0.25, 0.3) is 0 Å². The molecule has 0 atom stereocenters. The predicted molar refractivity (Wildman–Crippen MR) is 80.8 cm³/mol. The van der Waals surface area contributed by atoms with Gasteiger partial charge in [0.15, 0.2) is 0 Å². The summed E-state index contributed by atoms with van der Waals surface area (Å²) >= 11 is 0. The van der Waals surface area contributed by atoms with Gasteiger partial charge < -0.3 is 14.8 Å². The van der Waals surface area contributed by atoms with Gasteiger partial charge in [-0.1, -0.05) is 17.9 Å². The van der Waals surface area contributed by atoms with E-state index in [1.165, 1.54) is 19.2 Å². The number of alkyl carbamates (subject to hydrolysis) is 1. The standard InChI is InChI=1S/C15H18N2O5/c1-15(2,3)22-14(18)16-10-6-7-11-12(17(19)20)8-5-9-13(11)21-4/h5,8-9H,10H2,1-4H3,(H,16,18). The molecular weight excluding hydrogens is 288 g/mol. The number of nitro groups is 1. The summed E-state index contributed by atoms with van der Waals surface area (Å²) in [6, 6.07) is 4.44. The van der Waals surface area contributed by atoms with E-state index >= 15 is 0 Å². The second-order valence-corrected chi connectivity index (χ2v) is 5.27. The number of nitrogens with one attached hydrogen (secondary N) is 1. The van der Waals surface area contributed by atoms with Gasteiger partial charge in [-0.2, -0.15) is 0 Å². The van der Waals surface area contributed by atoms with Gasteiger partial charge in [-0.25, -0.2) is 4.79 Å². The zero-order valence-corrected chi connectivity index (χ0v) is 12.9. The minimum Gasteiger partial charge on any atom is -0.495 e. The molecule has 0 saturated carbocycles. The van der Waals surface area contributed by atoms with Crippen LogP contribution in [0.3, 0.4) is 0 Å². The lowest BCUT2D eigenvalue weighted by Crippen LogP contribution is -2.32. The number of benzene rings is 1. The first kappa shape index (κ1) is 17.3. The highest BCUT2D eigenvalue weighted by atomic mass is 16.6. The number of hydrogen-bond acceptors (Lipinski definition) is 5. The van der Waals surface area contributed by atoms with Crippen molar-refractivity contribution < 1.29 is 19.2 Å². The third-order valence-electron chi connectivity index (χ3n) is 2.35. The van der Waals surface area contributed by atoms with Crippen molar-refractivity contribution in [2.75, 3.05) is 13.7 Å². The molecule has 0 aromatic heterocycles. The zero-order chi connectivity index (χ0) is 16.8. The average Bonchev–Trinajstić information content (AvgIpc) is 2.41. The van der Waals surface area contributed by atoms with Crippen LogP contribution in [0.2, 0.25) is 0 Å². The van der Waals surface area contributed by atoms with Gasteiger partial charge in [0.1, 0.15) is 16.9 Å². The average molecular weight is 306 g/mol. The van der Waals surface area contributed by atoms with Gasteiger partial charge in [-0.3, -0.25) is 10.1 Å². The molecule has 0 saturated heterocycles. The van der Waals surface area contributed by atoms with Crippen molar-refractivity contribution in [2.45, 2.75) is 26.4 Å². The highest BCUT2D eigenvalue weighted by Crippen LogP contribution is 2.26. The molecule has 1 aromatic carbocycles. The summed E-state index contributed by atoms with van der Waals surface area (Å²) in [6.07, 6.45) is -0.601. The Balaban J connectivity index is 2.80. The summed E-state index contributed by atoms with van der Waals surface area (Å²) in [7, 11) is 1.41. The van der Waals surface area contributed by atoms with E-state index in [1.807, 2.05) is 0 Å². The van der Waals surface area contributed by atoms with Gasteiger partial charge in [0, 0.05) is 6.07 Å². The fourth-order valence-corrected chi connectivity index (χ4v) is 1.53. The SMILES string of the molecule is COc1cccc([N+](=O)[O-])c1C#CCNC(=O)OC(C)(C)C. The maximum absolute atomic E-state index is 11.4. The monoisotopic (exact) mass is 306 g/mol. The number of rotatable bonds is 3. The fourth-order valence-electron chi connectivity index (χ4n) is 1.53. The molecule has 0 heterocycles. The molecule has 1 N–H and O–H groups in total. The van der Waals surface area contributed by atoms with E-state index in [1.54, 1.807) is 26.8 Å². The summed E-state index contributed by atoms with van der Waals surface area (Å²) in [6.45, 7) is 5.24. The van der Waals surface area contributed by atoms with Crippen LogP contribution >= 0.6 is 0 Å². The van der Waals surface area contributed by atoms with Crippen LogP contribution in [0.15, 0.2) is 18.2 Å². The molecule has 7 nitrogen and oxygen atoms in total. The predicted octanol–water partition coefficient (Wildman–Crippen LogP) is 2.48. The van der Waals surface area contributed by atoms with E-state index in [2.05, 4.69) is 17.2 Å². The fraction of sp³-hybridized carbons (Fsp3) is 0.400. The number of nitro benzene ring substituents is 1. The van der Waals surface area contributed by atoms with E-state index in [-0.39, 0.29) is 17.8 Å². The summed E-state index contributed by atoms with van der Waals surface area (Å²) in [5, 5.41) is 13.4. The summed E-state index contributed by atoms with van der Waals surface area (Å²) in [4.78, 5) is 21.9. The number of ether oxygens (including phenoxy) is 2. The Bertz CT molecular complexity index is 623. The van der Waals surface area contributed by atoms with Crippen molar-refractivity contribution in [1.82, 2.24) is 5.32 Å². The van der Waals surface area contributed by atoms with Crippen molar-refractivity contribution in [1.29, 1.82) is 0 Å². The molecular formula is C15H18N2O5. The largest absolute Gasteiger partial charge is 0.495 e. The number of nitrogens with zero attached hydrogens (tertiary/aromatic N) is 1. The molecule has 22 heavy (non-hydrogen) atoms. The van der Waals surface area contributed by atoms with Crippen LogP contribution in [0.5, 0.6) is 5.75 Å². The Morgan fingerprint density at radius 2 is 2.09 bits per heavy atom. The molecule has 0 aliphatic rings. The van der Waals surface area contributed by atoms with Crippen LogP contribution < -0.4 is 10.1 Å². The van der Waals surface area contributed by atoms with Gasteiger partial charge in [-0.15, -0.1) is 0 Å². The number of carbonyl (C=O) groups excluding carboxylic acids is 1. The molecule has 1 rings (SSSR count). The Morgan fingerprint density at radius 3 is 2.64 bits per heavy atom. The van der Waals surface area contributed by atoms with Crippen molar-refractivity contribution in [3.8, 4) is 17.6 Å². The first-order valence-corrected chi connectivity index (χ1v) is 6.51. The number of hydrogen-bond donors (Lipinski definition) is 1. The minimum absolute atomic E-state index is 0.00408. The van der Waals surface area contributed by atoms with Crippen LogP contribution in [0, 0.1) is 22.0 Å². The molecule has 0 bridgehead atoms. The molecule has 0 aliphatic carbocycles. The topological polar surface area (TPSA) is 90.7 Å². The first-order chi connectivity index (χ1) is 10.2. The second-order valence-electron chi connectivity index (χ2n) is 5.27. The third-order valence-corrected chi connectivity index (χ3v) is 2.35. The van der Waals surface area contributed by atoms with Gasteiger partial charge in [0.25, 0.3) is 5.69 Å². The Kier molecular flexibility index (Phi) is 5.75. The van der Waals surface area contributed by atoms with Gasteiger partial charge in [0.05, 0.1) is 18.6 Å². The molecule has 118 valence electrons. The summed E-state index contributed by atoms with van der Waals surface area (Å²) in [5.74, 6) is 5.59. The summed E-state index contributed by atoms with van der Waals surface area (Å²) in [5.41, 5.74) is -0.580. The van der Waals surface area contributed by atoms with E-state index < -0.39 is 16.6 Å². The van der Waals surface area contributed by atoms with Crippen molar-refractivity contribution in [2.24, 2.45) is 0 Å². The molecule has 1 amide bonds. The van der Waals surface area contributed by atoms with E-state index in [9.17, 15) is 14.9 Å². The maximum Gasteiger partial charge on any atom is 0.408 e. The second kappa shape index (κ2) is 7.31. The lowest BCUT2D eigenvalue weighted by molar-refractivity contribution is -0.385. The van der Waals surface area contributed by atoms with Crippen molar-refractivity contribution in [3.63, 3.8) is 0 Å². The van der Waals surface area contributed by atoms with E-state index in [0.717, 1.165) is 0 Å². The molecule has 0 unspecified atom stereocenters. The molecule has 1 aromatic rings. The van der Waals surface area contributed by atoms with Gasteiger partial charge in [-0.05, 0) is 26.8 Å². The number of methoxy groups -OCH3 is 1. The van der Waals surface area contributed by atoms with Gasteiger partial charge >= 0.3 is 6.09 Å². The lowest BCUT2D eigenvalue weighted by atomic mass is 10.1. The van der Waals surface area contributed by atoms with Crippen molar-refractivity contribution in [3.05, 3.63) is 33.9 Å². The number of carbonyl (C=O) groups is 1. The quantitative estimate of drug-likeness (QED) is 0.526. The molecule has 7 heteroatoms. The first-order valence-electron chi connectivity index (χ1n) is 6.51. The number of amides is 1. The van der Waals surface area contributed by atoms with E-state index in [4.69, 9.17) is 9.47 Å². The van der Waals surface area contributed by atoms with Crippen LogP contribution in [-0.2, 0) is 4.74 Å². The van der Waals surface area contributed by atoms with E-state index in [0.29, 0.717) is 5.75 Å². The Labute approximate surface area is 128 Å². The lowest BCUT2D eigenvalue weighted by Gasteiger charge is -2.19. The highest BCUT2D eigenvalue weighted by molar-refractivity contribution is 5.68. The molecule has 0 aliphatic heterocycles. The normalized spacial score (nSPS) is 10.2. The molecule has 0 fully saturated rings.